The van der Waals surface area contributed by atoms with E-state index in [4.69, 9.17) is 4.74 Å². The van der Waals surface area contributed by atoms with Crippen LogP contribution in [0.4, 0.5) is 0 Å². The molecule has 0 saturated heterocycles. The van der Waals surface area contributed by atoms with Crippen LogP contribution >= 0.6 is 0 Å². The van der Waals surface area contributed by atoms with E-state index in [0.717, 1.165) is 17.1 Å². The van der Waals surface area contributed by atoms with Crippen LogP contribution in [0.25, 0.3) is 11.4 Å². The van der Waals surface area contributed by atoms with Crippen LogP contribution in [0.3, 0.4) is 0 Å². The first-order valence-electron chi connectivity index (χ1n) is 4.35. The van der Waals surface area contributed by atoms with Gasteiger partial charge in [0.2, 0.25) is 0 Å². The monoisotopic (exact) mass is 276 g/mol. The van der Waals surface area contributed by atoms with Gasteiger partial charge >= 0.3 is 0 Å². The van der Waals surface area contributed by atoms with Gasteiger partial charge in [0.15, 0.2) is 0 Å². The Morgan fingerprint density at radius 2 is 2.27 bits per heavy atom. The normalized spacial score (nSPS) is 9.47. The zero-order chi connectivity index (χ0) is 9.97. The number of aromatic nitrogens is 2. The van der Waals surface area contributed by atoms with E-state index >= 15 is 0 Å². The Kier molecular flexibility index (Phi) is 4.49. The van der Waals surface area contributed by atoms with Crippen molar-refractivity contribution in [2.75, 3.05) is 7.11 Å². The van der Waals surface area contributed by atoms with E-state index < -0.39 is 0 Å². The van der Waals surface area contributed by atoms with E-state index in [1.165, 1.54) is 0 Å². The molecule has 15 heavy (non-hydrogen) atoms. The second kappa shape index (κ2) is 5.43. The molecule has 75 valence electrons. The zero-order valence-corrected chi connectivity index (χ0v) is 11.6. The van der Waals surface area contributed by atoms with Gasteiger partial charge in [0.25, 0.3) is 0 Å². The zero-order valence-electron chi connectivity index (χ0n) is 8.77. The number of aryl methyl sites for hydroxylation is 1. The molecule has 1 radical (unpaired) electrons. The molecule has 0 aliphatic carbocycles. The smallest absolute Gasteiger partial charge is 0.135 e. The van der Waals surface area contributed by atoms with Crippen molar-refractivity contribution in [3.8, 4) is 17.1 Å². The summed E-state index contributed by atoms with van der Waals surface area (Å²) in [6.07, 6.45) is 3.69. The van der Waals surface area contributed by atoms with Gasteiger partial charge in [-0.25, -0.2) is 4.57 Å². The van der Waals surface area contributed by atoms with Crippen molar-refractivity contribution in [1.29, 1.82) is 0 Å². The Labute approximate surface area is 114 Å². The molecule has 0 fully saturated rings. The number of hydrogen-bond acceptors (Lipinski definition) is 1. The van der Waals surface area contributed by atoms with Crippen molar-refractivity contribution >= 4 is 0 Å². The summed E-state index contributed by atoms with van der Waals surface area (Å²) in [5, 5.41) is 0. The first-order valence-corrected chi connectivity index (χ1v) is 4.35. The van der Waals surface area contributed by atoms with E-state index in [0.29, 0.717) is 0 Å². The van der Waals surface area contributed by atoms with Crippen LogP contribution in [0, 0.1) is 6.07 Å². The van der Waals surface area contributed by atoms with Gasteiger partial charge in [0.1, 0.15) is 13.2 Å². The first kappa shape index (κ1) is 12.4. The third kappa shape index (κ3) is 2.47. The Hall–Kier alpha value is -0.666. The minimum atomic E-state index is 0. The molecular weight excluding hydrogens is 265 g/mol. The average molecular weight is 276 g/mol. The molecule has 2 heterocycles. The molecule has 2 aromatic rings. The van der Waals surface area contributed by atoms with Crippen LogP contribution in [-0.4, -0.2) is 7.11 Å². The average Bonchev–Trinajstić information content (AvgIpc) is 2.66. The van der Waals surface area contributed by atoms with Gasteiger partial charge in [-0.1, -0.05) is 12.1 Å². The number of hydrogen-bond donors (Lipinski definition) is 0. The summed E-state index contributed by atoms with van der Waals surface area (Å²) < 4.78 is 7.16. The maximum absolute atomic E-state index is 5.20. The van der Waals surface area contributed by atoms with E-state index in [9.17, 15) is 0 Å². The van der Waals surface area contributed by atoms with Crippen LogP contribution in [-0.2, 0) is 39.8 Å². The predicted molar refractivity (Wildman–Crippen MR) is 51.8 cm³/mol. The van der Waals surface area contributed by atoms with Gasteiger partial charge < -0.3 is 9.72 Å². The number of pyridine rings is 1. The van der Waals surface area contributed by atoms with Crippen LogP contribution in [0.1, 0.15) is 0 Å². The van der Waals surface area contributed by atoms with Gasteiger partial charge in [0, 0.05) is 32.7 Å². The molecule has 0 unspecified atom stereocenters. The minimum absolute atomic E-state index is 0. The molecule has 0 spiro atoms. The SMILES string of the molecule is COc1cc[n-]c1-c1[c-]ccc[n+]1C.[Y]. The Morgan fingerprint density at radius 3 is 2.93 bits per heavy atom. The van der Waals surface area contributed by atoms with Crippen LogP contribution in [0.5, 0.6) is 5.75 Å². The largest absolute Gasteiger partial charge is 0.714 e. The van der Waals surface area contributed by atoms with Crippen molar-refractivity contribution in [2.24, 2.45) is 7.05 Å². The summed E-state index contributed by atoms with van der Waals surface area (Å²) in [5.74, 6) is 0.781. The molecule has 0 aliphatic heterocycles. The van der Waals surface area contributed by atoms with E-state index in [1.54, 1.807) is 13.3 Å². The number of nitrogens with zero attached hydrogens (tertiary/aromatic N) is 2. The fourth-order valence-corrected chi connectivity index (χ4v) is 1.38. The summed E-state index contributed by atoms with van der Waals surface area (Å²) in [7, 11) is 3.60. The Balaban J connectivity index is 0.00000112. The molecule has 4 heteroatoms. The second-order valence-corrected chi connectivity index (χ2v) is 2.97. The Bertz CT molecular complexity index is 440. The van der Waals surface area contributed by atoms with Crippen LogP contribution in [0.15, 0.2) is 30.6 Å². The summed E-state index contributed by atoms with van der Waals surface area (Å²) in [6, 6.07) is 8.77. The number of rotatable bonds is 2. The molecule has 0 saturated carbocycles. The molecule has 0 bridgehead atoms. The fraction of sp³-hybridized carbons (Fsp3) is 0.182. The molecule has 0 atom stereocenters. The van der Waals surface area contributed by atoms with Crippen LogP contribution < -0.4 is 14.3 Å². The molecule has 0 aromatic carbocycles. The van der Waals surface area contributed by atoms with Crippen LogP contribution in [0.2, 0.25) is 0 Å². The molecule has 0 aliphatic rings. The molecule has 0 N–H and O–H groups in total. The Morgan fingerprint density at radius 1 is 1.47 bits per heavy atom. The summed E-state index contributed by atoms with van der Waals surface area (Å²) in [4.78, 5) is 4.24. The third-order valence-corrected chi connectivity index (χ3v) is 2.09. The maximum Gasteiger partial charge on any atom is 0.135 e. The van der Waals surface area contributed by atoms with Gasteiger partial charge in [-0.3, -0.25) is 0 Å². The first-order chi connectivity index (χ1) is 6.83. The minimum Gasteiger partial charge on any atom is -0.714 e. The maximum atomic E-state index is 5.20. The number of ether oxygens (including phenoxy) is 1. The van der Waals surface area contributed by atoms with Gasteiger partial charge in [-0.2, -0.15) is 12.3 Å². The third-order valence-electron chi connectivity index (χ3n) is 2.09. The summed E-state index contributed by atoms with van der Waals surface area (Å²) in [6.45, 7) is 0. The molecular formula is C11H11N2OY-. The quantitative estimate of drug-likeness (QED) is 0.603. The summed E-state index contributed by atoms with van der Waals surface area (Å²) in [5.41, 5.74) is 1.75. The van der Waals surface area contributed by atoms with Gasteiger partial charge in [-0.05, 0) is 0 Å². The van der Waals surface area contributed by atoms with Crippen molar-refractivity contribution in [2.45, 2.75) is 0 Å². The van der Waals surface area contributed by atoms with Crippen molar-refractivity contribution in [3.63, 3.8) is 0 Å². The number of methoxy groups -OCH3 is 1. The van der Waals surface area contributed by atoms with E-state index in [2.05, 4.69) is 11.1 Å². The van der Waals surface area contributed by atoms with Crippen molar-refractivity contribution < 1.29 is 42.0 Å². The van der Waals surface area contributed by atoms with Crippen molar-refractivity contribution in [3.05, 3.63) is 36.7 Å². The van der Waals surface area contributed by atoms with E-state index in [1.807, 2.05) is 36.0 Å². The summed E-state index contributed by atoms with van der Waals surface area (Å²) >= 11 is 0. The fourth-order valence-electron chi connectivity index (χ4n) is 1.38. The molecule has 3 nitrogen and oxygen atoms in total. The van der Waals surface area contributed by atoms with E-state index in [-0.39, 0.29) is 32.7 Å². The second-order valence-electron chi connectivity index (χ2n) is 2.97. The standard InChI is InChI=1S/C11H11N2O.Y/c1-13-8-4-3-5-9(13)11-10(14-2)6-7-12-11;/h3-4,6-8H,1-2H3;/q-1;. The molecule has 2 rings (SSSR count). The predicted octanol–water partition coefficient (Wildman–Crippen LogP) is 0.942. The molecule has 0 amide bonds. The van der Waals surface area contributed by atoms with Crippen molar-refractivity contribution in [1.82, 2.24) is 4.98 Å². The molecule has 2 aromatic heterocycles. The van der Waals surface area contributed by atoms with Gasteiger partial charge in [-0.15, -0.1) is 11.8 Å². The topological polar surface area (TPSA) is 27.2 Å². The van der Waals surface area contributed by atoms with Gasteiger partial charge in [0.05, 0.1) is 18.6 Å².